The SMILES string of the molecule is CC(C)(C)C(=O)n1c(=O)cc[nH]c1=O. The summed E-state index contributed by atoms with van der Waals surface area (Å²) in [5, 5.41) is 0. The summed E-state index contributed by atoms with van der Waals surface area (Å²) in [5.74, 6) is -0.510. The van der Waals surface area contributed by atoms with Crippen LogP contribution in [0.1, 0.15) is 25.6 Å². The minimum absolute atomic E-state index is 0.510. The molecule has 0 saturated carbocycles. The van der Waals surface area contributed by atoms with E-state index in [-0.39, 0.29) is 0 Å². The summed E-state index contributed by atoms with van der Waals surface area (Å²) in [5.41, 5.74) is -2.05. The summed E-state index contributed by atoms with van der Waals surface area (Å²) < 4.78 is 0.611. The molecule has 1 rings (SSSR count). The Morgan fingerprint density at radius 2 is 1.93 bits per heavy atom. The van der Waals surface area contributed by atoms with Crippen LogP contribution in [0.4, 0.5) is 0 Å². The van der Waals surface area contributed by atoms with E-state index in [1.807, 2.05) is 0 Å². The van der Waals surface area contributed by atoms with Gasteiger partial charge in [-0.15, -0.1) is 0 Å². The highest BCUT2D eigenvalue weighted by Gasteiger charge is 2.25. The molecule has 0 aromatic carbocycles. The third-order valence-electron chi connectivity index (χ3n) is 1.70. The van der Waals surface area contributed by atoms with Crippen molar-refractivity contribution in [2.24, 2.45) is 5.41 Å². The molecule has 0 unspecified atom stereocenters. The van der Waals surface area contributed by atoms with Gasteiger partial charge in [-0.2, -0.15) is 4.57 Å². The summed E-state index contributed by atoms with van der Waals surface area (Å²) in [4.78, 5) is 36.4. The fourth-order valence-corrected chi connectivity index (χ4v) is 0.951. The van der Waals surface area contributed by atoms with E-state index >= 15 is 0 Å². The minimum atomic E-state index is -0.752. The van der Waals surface area contributed by atoms with E-state index in [1.54, 1.807) is 20.8 Å². The van der Waals surface area contributed by atoms with Crippen molar-refractivity contribution in [3.05, 3.63) is 33.1 Å². The van der Waals surface area contributed by atoms with Crippen LogP contribution in [-0.4, -0.2) is 15.5 Å². The van der Waals surface area contributed by atoms with Gasteiger partial charge < -0.3 is 4.98 Å². The van der Waals surface area contributed by atoms with Gasteiger partial charge in [0.05, 0.1) is 0 Å². The van der Waals surface area contributed by atoms with Gasteiger partial charge in [0.25, 0.3) is 5.56 Å². The van der Waals surface area contributed by atoms with Crippen LogP contribution in [0, 0.1) is 5.41 Å². The van der Waals surface area contributed by atoms with Gasteiger partial charge in [0.15, 0.2) is 0 Å². The fourth-order valence-electron chi connectivity index (χ4n) is 0.951. The highest BCUT2D eigenvalue weighted by Crippen LogP contribution is 2.13. The highest BCUT2D eigenvalue weighted by atomic mass is 16.2. The van der Waals surface area contributed by atoms with Crippen molar-refractivity contribution in [1.82, 2.24) is 9.55 Å². The summed E-state index contributed by atoms with van der Waals surface area (Å²) >= 11 is 0. The molecule has 76 valence electrons. The zero-order valence-electron chi connectivity index (χ0n) is 8.33. The number of nitrogens with one attached hydrogen (secondary N) is 1. The van der Waals surface area contributed by atoms with Crippen LogP contribution in [0.5, 0.6) is 0 Å². The van der Waals surface area contributed by atoms with Gasteiger partial charge in [0, 0.05) is 17.7 Å². The zero-order valence-corrected chi connectivity index (χ0v) is 8.33. The summed E-state index contributed by atoms with van der Waals surface area (Å²) in [6, 6.07) is 1.14. The molecule has 0 atom stereocenters. The van der Waals surface area contributed by atoms with E-state index in [9.17, 15) is 14.4 Å². The normalized spacial score (nSPS) is 11.4. The number of hydrogen-bond donors (Lipinski definition) is 1. The minimum Gasteiger partial charge on any atom is -0.314 e. The lowest BCUT2D eigenvalue weighted by atomic mass is 9.95. The number of aromatic amines is 1. The van der Waals surface area contributed by atoms with E-state index in [1.165, 1.54) is 6.20 Å². The Balaban J connectivity index is 3.42. The first kappa shape index (κ1) is 10.4. The number of rotatable bonds is 0. The molecule has 0 amide bonds. The van der Waals surface area contributed by atoms with Crippen LogP contribution in [0.2, 0.25) is 0 Å². The maximum absolute atomic E-state index is 11.7. The third-order valence-corrected chi connectivity index (χ3v) is 1.70. The molecule has 1 aromatic rings. The standard InChI is InChI=1S/C9H12N2O3/c1-9(2,3)7(13)11-6(12)4-5-10-8(11)14/h4-5H,1-3H3,(H,10,14). The molecule has 1 aromatic heterocycles. The Morgan fingerprint density at radius 3 is 2.36 bits per heavy atom. The first-order valence-corrected chi connectivity index (χ1v) is 4.19. The molecular formula is C9H12N2O3. The Bertz CT molecular complexity index is 434. The van der Waals surface area contributed by atoms with E-state index in [0.717, 1.165) is 6.07 Å². The predicted molar refractivity (Wildman–Crippen MR) is 51.4 cm³/mol. The van der Waals surface area contributed by atoms with Crippen LogP contribution in [-0.2, 0) is 0 Å². The van der Waals surface area contributed by atoms with Crippen LogP contribution in [0.3, 0.4) is 0 Å². The largest absolute Gasteiger partial charge is 0.335 e. The number of carbonyl (C=O) groups is 1. The molecule has 0 aliphatic heterocycles. The number of aromatic nitrogens is 2. The topological polar surface area (TPSA) is 71.9 Å². The number of nitrogens with zero attached hydrogens (tertiary/aromatic N) is 1. The van der Waals surface area contributed by atoms with Crippen LogP contribution in [0.25, 0.3) is 0 Å². The number of carbonyl (C=O) groups excluding carboxylic acids is 1. The molecule has 0 radical (unpaired) electrons. The second-order valence-corrected chi connectivity index (χ2v) is 4.01. The predicted octanol–water partition coefficient (Wildman–Crippen LogP) is 0.223. The van der Waals surface area contributed by atoms with Crippen molar-refractivity contribution in [3.63, 3.8) is 0 Å². The Labute approximate surface area is 80.4 Å². The van der Waals surface area contributed by atoms with Gasteiger partial charge >= 0.3 is 5.69 Å². The molecule has 0 fully saturated rings. The molecular weight excluding hydrogens is 184 g/mol. The van der Waals surface area contributed by atoms with Crippen molar-refractivity contribution in [2.75, 3.05) is 0 Å². The maximum Gasteiger partial charge on any atom is 0.335 e. The third kappa shape index (κ3) is 1.81. The van der Waals surface area contributed by atoms with Gasteiger partial charge in [0.2, 0.25) is 5.91 Å². The smallest absolute Gasteiger partial charge is 0.314 e. The van der Waals surface area contributed by atoms with E-state index < -0.39 is 22.6 Å². The van der Waals surface area contributed by atoms with Crippen molar-refractivity contribution < 1.29 is 4.79 Å². The molecule has 5 nitrogen and oxygen atoms in total. The van der Waals surface area contributed by atoms with Gasteiger partial charge in [-0.25, -0.2) is 4.79 Å². The summed E-state index contributed by atoms with van der Waals surface area (Å²) in [6.07, 6.45) is 1.22. The molecule has 1 N–H and O–H groups in total. The van der Waals surface area contributed by atoms with Crippen LogP contribution in [0.15, 0.2) is 21.9 Å². The molecule has 0 aliphatic rings. The van der Waals surface area contributed by atoms with E-state index in [0.29, 0.717) is 4.57 Å². The van der Waals surface area contributed by atoms with Crippen molar-refractivity contribution in [2.45, 2.75) is 20.8 Å². The molecule has 0 bridgehead atoms. The quantitative estimate of drug-likeness (QED) is 0.645. The molecule has 0 aliphatic carbocycles. The number of H-pyrrole nitrogens is 1. The maximum atomic E-state index is 11.7. The molecule has 14 heavy (non-hydrogen) atoms. The van der Waals surface area contributed by atoms with Gasteiger partial charge in [-0.1, -0.05) is 20.8 Å². The fraction of sp³-hybridized carbons (Fsp3) is 0.444. The lowest BCUT2D eigenvalue weighted by Gasteiger charge is -2.16. The molecule has 1 heterocycles. The first-order chi connectivity index (χ1) is 6.34. The number of hydrogen-bond acceptors (Lipinski definition) is 3. The second-order valence-electron chi connectivity index (χ2n) is 4.01. The Kier molecular flexibility index (Phi) is 2.42. The van der Waals surface area contributed by atoms with Crippen LogP contribution < -0.4 is 11.2 Å². The summed E-state index contributed by atoms with van der Waals surface area (Å²) in [6.45, 7) is 4.94. The van der Waals surface area contributed by atoms with Crippen molar-refractivity contribution >= 4 is 5.91 Å². The highest BCUT2D eigenvalue weighted by molar-refractivity contribution is 5.83. The van der Waals surface area contributed by atoms with E-state index in [2.05, 4.69) is 4.98 Å². The Hall–Kier alpha value is -1.65. The lowest BCUT2D eigenvalue weighted by Crippen LogP contribution is -2.43. The molecule has 0 saturated heterocycles. The van der Waals surface area contributed by atoms with Gasteiger partial charge in [0.1, 0.15) is 0 Å². The summed E-state index contributed by atoms with van der Waals surface area (Å²) in [7, 11) is 0. The zero-order chi connectivity index (χ0) is 10.9. The average molecular weight is 196 g/mol. The van der Waals surface area contributed by atoms with Crippen LogP contribution >= 0.6 is 0 Å². The van der Waals surface area contributed by atoms with Crippen molar-refractivity contribution in [3.8, 4) is 0 Å². The van der Waals surface area contributed by atoms with Crippen molar-refractivity contribution in [1.29, 1.82) is 0 Å². The lowest BCUT2D eigenvalue weighted by molar-refractivity contribution is 0.0755. The first-order valence-electron chi connectivity index (χ1n) is 4.19. The Morgan fingerprint density at radius 1 is 1.36 bits per heavy atom. The average Bonchev–Trinajstić information content (AvgIpc) is 2.01. The van der Waals surface area contributed by atoms with E-state index in [4.69, 9.17) is 0 Å². The molecule has 5 heteroatoms. The molecule has 0 spiro atoms. The van der Waals surface area contributed by atoms with Gasteiger partial charge in [-0.3, -0.25) is 9.59 Å². The van der Waals surface area contributed by atoms with Gasteiger partial charge in [-0.05, 0) is 0 Å². The second kappa shape index (κ2) is 3.25. The monoisotopic (exact) mass is 196 g/mol.